The lowest BCUT2D eigenvalue weighted by molar-refractivity contribution is 0.0589. The second-order valence-electron chi connectivity index (χ2n) is 4.04. The third kappa shape index (κ3) is 6.44. The van der Waals surface area contributed by atoms with Crippen molar-refractivity contribution in [3.05, 3.63) is 28.5 Å². The minimum absolute atomic E-state index is 0.308. The fourth-order valence-electron chi connectivity index (χ4n) is 1.70. The van der Waals surface area contributed by atoms with E-state index < -0.39 is 0 Å². The minimum Gasteiger partial charge on any atom is -0.382 e. The van der Waals surface area contributed by atoms with Gasteiger partial charge in [0.05, 0.1) is 19.8 Å². The zero-order valence-corrected chi connectivity index (χ0v) is 12.6. The molecule has 0 aliphatic heterocycles. The highest BCUT2D eigenvalue weighted by Crippen LogP contribution is 2.11. The monoisotopic (exact) mass is 316 g/mol. The molecule has 1 rings (SSSR count). The number of nitrogens with zero attached hydrogens (tertiary/aromatic N) is 1. The molecule has 1 aromatic heterocycles. The summed E-state index contributed by atoms with van der Waals surface area (Å²) in [5, 5.41) is 3.42. The standard InChI is InChI=1S/C13H21BrN2O2/c1-3-16-13(10-18-5-4-17-2)7-11-6-12(14)9-15-8-11/h6,8-9,13,16H,3-5,7,10H2,1-2H3. The van der Waals surface area contributed by atoms with Gasteiger partial charge in [-0.1, -0.05) is 6.92 Å². The Kier molecular flexibility index (Phi) is 8.17. The summed E-state index contributed by atoms with van der Waals surface area (Å²) in [6.07, 6.45) is 4.60. The average Bonchev–Trinajstić information content (AvgIpc) is 2.35. The maximum atomic E-state index is 5.57. The number of halogens is 1. The summed E-state index contributed by atoms with van der Waals surface area (Å²) in [6.45, 7) is 4.98. The van der Waals surface area contributed by atoms with Gasteiger partial charge < -0.3 is 14.8 Å². The van der Waals surface area contributed by atoms with Gasteiger partial charge in [-0.2, -0.15) is 0 Å². The Balaban J connectivity index is 2.41. The summed E-state index contributed by atoms with van der Waals surface area (Å²) in [7, 11) is 1.68. The highest BCUT2D eigenvalue weighted by atomic mass is 79.9. The first-order chi connectivity index (χ1) is 8.76. The van der Waals surface area contributed by atoms with Gasteiger partial charge in [-0.3, -0.25) is 4.98 Å². The van der Waals surface area contributed by atoms with Crippen LogP contribution in [0, 0.1) is 0 Å². The smallest absolute Gasteiger partial charge is 0.0701 e. The Morgan fingerprint density at radius 3 is 2.89 bits per heavy atom. The molecule has 0 saturated carbocycles. The van der Waals surface area contributed by atoms with Crippen LogP contribution in [0.2, 0.25) is 0 Å². The molecular formula is C13H21BrN2O2. The molecule has 0 amide bonds. The van der Waals surface area contributed by atoms with Gasteiger partial charge in [0.1, 0.15) is 0 Å². The predicted molar refractivity (Wildman–Crippen MR) is 75.8 cm³/mol. The first kappa shape index (κ1) is 15.6. The van der Waals surface area contributed by atoms with Crippen molar-refractivity contribution in [2.24, 2.45) is 0 Å². The molecule has 0 fully saturated rings. The molecule has 0 bridgehead atoms. The van der Waals surface area contributed by atoms with E-state index in [1.165, 1.54) is 5.56 Å². The summed E-state index contributed by atoms with van der Waals surface area (Å²) in [6, 6.07) is 2.40. The molecule has 5 heteroatoms. The van der Waals surface area contributed by atoms with Crippen molar-refractivity contribution >= 4 is 15.9 Å². The number of pyridine rings is 1. The van der Waals surface area contributed by atoms with Gasteiger partial charge in [0.25, 0.3) is 0 Å². The van der Waals surface area contributed by atoms with Crippen LogP contribution in [0.1, 0.15) is 12.5 Å². The lowest BCUT2D eigenvalue weighted by atomic mass is 10.1. The van der Waals surface area contributed by atoms with Gasteiger partial charge in [0.15, 0.2) is 0 Å². The van der Waals surface area contributed by atoms with Crippen LogP contribution in [-0.4, -0.2) is 44.5 Å². The fraction of sp³-hybridized carbons (Fsp3) is 0.615. The molecule has 102 valence electrons. The van der Waals surface area contributed by atoms with Crippen molar-refractivity contribution in [2.45, 2.75) is 19.4 Å². The van der Waals surface area contributed by atoms with Gasteiger partial charge in [0, 0.05) is 30.0 Å². The minimum atomic E-state index is 0.308. The lowest BCUT2D eigenvalue weighted by Gasteiger charge is -2.18. The van der Waals surface area contributed by atoms with Gasteiger partial charge >= 0.3 is 0 Å². The molecule has 1 N–H and O–H groups in total. The third-order valence-electron chi connectivity index (χ3n) is 2.49. The Bertz CT molecular complexity index is 337. The van der Waals surface area contributed by atoms with Crippen molar-refractivity contribution in [2.75, 3.05) is 33.5 Å². The highest BCUT2D eigenvalue weighted by Gasteiger charge is 2.09. The van der Waals surface area contributed by atoms with Gasteiger partial charge in [-0.25, -0.2) is 0 Å². The van der Waals surface area contributed by atoms with Gasteiger partial charge in [0.2, 0.25) is 0 Å². The second-order valence-corrected chi connectivity index (χ2v) is 4.95. The molecule has 1 aromatic rings. The normalized spacial score (nSPS) is 12.6. The zero-order chi connectivity index (χ0) is 13.2. The molecule has 1 atom stereocenters. The van der Waals surface area contributed by atoms with E-state index in [-0.39, 0.29) is 0 Å². The van der Waals surface area contributed by atoms with Crippen LogP contribution < -0.4 is 5.32 Å². The van der Waals surface area contributed by atoms with Crippen molar-refractivity contribution in [1.82, 2.24) is 10.3 Å². The van der Waals surface area contributed by atoms with Crippen LogP contribution in [0.3, 0.4) is 0 Å². The Morgan fingerprint density at radius 2 is 2.22 bits per heavy atom. The molecule has 0 saturated heterocycles. The molecule has 0 aliphatic carbocycles. The number of ether oxygens (including phenoxy) is 2. The molecular weight excluding hydrogens is 296 g/mol. The van der Waals surface area contributed by atoms with Gasteiger partial charge in [-0.05, 0) is 40.5 Å². The zero-order valence-electron chi connectivity index (χ0n) is 11.0. The SMILES string of the molecule is CCNC(COCCOC)Cc1cncc(Br)c1. The van der Waals surface area contributed by atoms with Crippen LogP contribution in [0.25, 0.3) is 0 Å². The van der Waals surface area contributed by atoms with Crippen molar-refractivity contribution in [1.29, 1.82) is 0 Å². The predicted octanol–water partition coefficient (Wildman–Crippen LogP) is 2.03. The quantitative estimate of drug-likeness (QED) is 0.708. The van der Waals surface area contributed by atoms with Crippen LogP contribution in [0.15, 0.2) is 22.9 Å². The first-order valence-corrected chi connectivity index (χ1v) is 6.95. The van der Waals surface area contributed by atoms with Crippen molar-refractivity contribution in [3.63, 3.8) is 0 Å². The van der Waals surface area contributed by atoms with E-state index in [0.717, 1.165) is 17.4 Å². The summed E-state index contributed by atoms with van der Waals surface area (Å²) in [5.74, 6) is 0. The van der Waals surface area contributed by atoms with E-state index in [2.05, 4.69) is 39.2 Å². The van der Waals surface area contributed by atoms with E-state index >= 15 is 0 Å². The maximum absolute atomic E-state index is 5.57. The number of rotatable bonds is 9. The first-order valence-electron chi connectivity index (χ1n) is 6.15. The molecule has 18 heavy (non-hydrogen) atoms. The average molecular weight is 317 g/mol. The number of methoxy groups -OCH3 is 1. The van der Waals surface area contributed by atoms with E-state index in [4.69, 9.17) is 9.47 Å². The maximum Gasteiger partial charge on any atom is 0.0701 e. The topological polar surface area (TPSA) is 43.4 Å². The number of hydrogen-bond donors (Lipinski definition) is 1. The van der Waals surface area contributed by atoms with Crippen molar-refractivity contribution in [3.8, 4) is 0 Å². The lowest BCUT2D eigenvalue weighted by Crippen LogP contribution is -2.35. The molecule has 1 heterocycles. The number of likely N-dealkylation sites (N-methyl/N-ethyl adjacent to an activating group) is 1. The Morgan fingerprint density at radius 1 is 1.39 bits per heavy atom. The summed E-state index contributed by atoms with van der Waals surface area (Å²) < 4.78 is 11.5. The molecule has 0 aliphatic rings. The molecule has 0 spiro atoms. The molecule has 1 unspecified atom stereocenters. The largest absolute Gasteiger partial charge is 0.382 e. The summed E-state index contributed by atoms with van der Waals surface area (Å²) in [5.41, 5.74) is 1.20. The number of nitrogens with one attached hydrogen (secondary N) is 1. The molecule has 0 radical (unpaired) electrons. The van der Waals surface area contributed by atoms with E-state index in [1.807, 2.05) is 6.20 Å². The highest BCUT2D eigenvalue weighted by molar-refractivity contribution is 9.10. The van der Waals surface area contributed by atoms with E-state index in [9.17, 15) is 0 Å². The second kappa shape index (κ2) is 9.44. The fourth-order valence-corrected chi connectivity index (χ4v) is 2.11. The van der Waals surface area contributed by atoms with Crippen molar-refractivity contribution < 1.29 is 9.47 Å². The molecule has 0 aromatic carbocycles. The molecule has 4 nitrogen and oxygen atoms in total. The van der Waals surface area contributed by atoms with E-state index in [0.29, 0.717) is 25.9 Å². The van der Waals surface area contributed by atoms with Gasteiger partial charge in [-0.15, -0.1) is 0 Å². The van der Waals surface area contributed by atoms with E-state index in [1.54, 1.807) is 13.3 Å². The number of aromatic nitrogens is 1. The third-order valence-corrected chi connectivity index (χ3v) is 2.92. The van der Waals surface area contributed by atoms with Crippen LogP contribution >= 0.6 is 15.9 Å². The number of hydrogen-bond acceptors (Lipinski definition) is 4. The Labute approximate surface area is 117 Å². The van der Waals surface area contributed by atoms with Crippen LogP contribution in [0.4, 0.5) is 0 Å². The summed E-state index contributed by atoms with van der Waals surface area (Å²) in [4.78, 5) is 4.17. The summed E-state index contributed by atoms with van der Waals surface area (Å²) >= 11 is 3.43. The van der Waals surface area contributed by atoms with Crippen LogP contribution in [-0.2, 0) is 15.9 Å². The Hall–Kier alpha value is -0.490. The van der Waals surface area contributed by atoms with Crippen LogP contribution in [0.5, 0.6) is 0 Å².